The van der Waals surface area contributed by atoms with Crippen LogP contribution in [0.25, 0.3) is 0 Å². The smallest absolute Gasteiger partial charge is 0.258 e. The van der Waals surface area contributed by atoms with E-state index in [4.69, 9.17) is 33.7 Å². The summed E-state index contributed by atoms with van der Waals surface area (Å²) in [5.74, 6) is -0.434. The minimum absolute atomic E-state index is 0.0332. The molecule has 2 heterocycles. The first-order valence-electron chi connectivity index (χ1n) is 10.3. The molecule has 3 rings (SSSR count). The Morgan fingerprint density at radius 2 is 2.00 bits per heavy atom. The molecule has 1 aliphatic heterocycles. The van der Waals surface area contributed by atoms with Crippen molar-refractivity contribution in [2.24, 2.45) is 5.73 Å². The Labute approximate surface area is 192 Å². The van der Waals surface area contributed by atoms with Crippen LogP contribution in [0.5, 0.6) is 5.75 Å². The largest absolute Gasteiger partial charge is 0.440 e. The van der Waals surface area contributed by atoms with Gasteiger partial charge >= 0.3 is 0 Å². The molecule has 0 saturated carbocycles. The van der Waals surface area contributed by atoms with Crippen LogP contribution in [0.2, 0.25) is 10.0 Å². The predicted molar refractivity (Wildman–Crippen MR) is 124 cm³/mol. The Morgan fingerprint density at radius 1 is 1.29 bits per heavy atom. The number of rotatable bonds is 7. The van der Waals surface area contributed by atoms with Crippen LogP contribution in [-0.2, 0) is 6.54 Å². The van der Waals surface area contributed by atoms with Crippen molar-refractivity contribution in [1.29, 1.82) is 5.26 Å². The molecule has 1 atom stereocenters. The summed E-state index contributed by atoms with van der Waals surface area (Å²) in [6.07, 6.45) is 0.827. The van der Waals surface area contributed by atoms with Crippen molar-refractivity contribution in [3.63, 3.8) is 0 Å². The van der Waals surface area contributed by atoms with Gasteiger partial charge in [0.2, 0.25) is 5.88 Å². The molecule has 0 radical (unpaired) electrons. The normalized spacial score (nSPS) is 15.6. The third-order valence-electron chi connectivity index (χ3n) is 5.73. The number of hydrogen-bond acceptors (Lipinski definition) is 5. The Kier molecular flexibility index (Phi) is 7.32. The molecule has 0 amide bonds. The maximum atomic E-state index is 13.6. The number of aromatic nitrogens is 1. The second-order valence-corrected chi connectivity index (χ2v) is 8.25. The molecule has 1 unspecified atom stereocenters. The highest BCUT2D eigenvalue weighted by Gasteiger charge is 2.35. The van der Waals surface area contributed by atoms with Gasteiger partial charge in [-0.15, -0.1) is 0 Å². The van der Waals surface area contributed by atoms with Crippen LogP contribution in [0.3, 0.4) is 0 Å². The van der Waals surface area contributed by atoms with Gasteiger partial charge in [0, 0.05) is 18.3 Å². The number of pyridine rings is 1. The Hall–Kier alpha value is -2.46. The van der Waals surface area contributed by atoms with Gasteiger partial charge in [-0.25, -0.2) is 0 Å². The van der Waals surface area contributed by atoms with Crippen LogP contribution in [0.1, 0.15) is 43.0 Å². The molecule has 6 nitrogen and oxygen atoms in total. The molecule has 2 N–H and O–H groups in total. The van der Waals surface area contributed by atoms with Crippen LogP contribution in [0.15, 0.2) is 40.5 Å². The van der Waals surface area contributed by atoms with Gasteiger partial charge in [-0.1, -0.05) is 49.2 Å². The molecule has 0 fully saturated rings. The van der Waals surface area contributed by atoms with Crippen LogP contribution in [0.4, 0.5) is 0 Å². The van der Waals surface area contributed by atoms with E-state index in [0.29, 0.717) is 28.4 Å². The first-order chi connectivity index (χ1) is 14.8. The topological polar surface area (TPSA) is 84.3 Å². The molecule has 0 aliphatic carbocycles. The maximum Gasteiger partial charge on any atom is 0.258 e. The van der Waals surface area contributed by atoms with E-state index in [9.17, 15) is 10.1 Å². The number of aryl methyl sites for hydroxylation is 1. The average molecular weight is 461 g/mol. The summed E-state index contributed by atoms with van der Waals surface area (Å²) in [4.78, 5) is 15.9. The lowest BCUT2D eigenvalue weighted by Crippen LogP contribution is -2.33. The van der Waals surface area contributed by atoms with E-state index < -0.39 is 5.92 Å². The van der Waals surface area contributed by atoms with Crippen LogP contribution < -0.4 is 16.0 Å². The predicted octanol–water partition coefficient (Wildman–Crippen LogP) is 4.41. The van der Waals surface area contributed by atoms with Crippen LogP contribution in [0, 0.1) is 18.3 Å². The molecular formula is C23H26Cl2N4O2. The highest BCUT2D eigenvalue weighted by Crippen LogP contribution is 2.44. The second-order valence-electron chi connectivity index (χ2n) is 7.47. The number of nitrogens with zero attached hydrogens (tertiary/aromatic N) is 3. The fourth-order valence-electron chi connectivity index (χ4n) is 4.01. The van der Waals surface area contributed by atoms with Crippen molar-refractivity contribution in [2.75, 3.05) is 19.6 Å². The van der Waals surface area contributed by atoms with E-state index in [2.05, 4.69) is 24.8 Å². The highest BCUT2D eigenvalue weighted by molar-refractivity contribution is 6.42. The van der Waals surface area contributed by atoms with Crippen molar-refractivity contribution in [2.45, 2.75) is 39.7 Å². The molecule has 0 saturated heterocycles. The van der Waals surface area contributed by atoms with E-state index in [1.165, 1.54) is 0 Å². The molecule has 0 bridgehead atoms. The first kappa shape index (κ1) is 23.2. The zero-order valence-corrected chi connectivity index (χ0v) is 19.4. The third kappa shape index (κ3) is 4.45. The summed E-state index contributed by atoms with van der Waals surface area (Å²) in [7, 11) is 0. The average Bonchev–Trinajstić information content (AvgIpc) is 2.74. The fraction of sp³-hybridized carbons (Fsp3) is 0.391. The van der Waals surface area contributed by atoms with Gasteiger partial charge in [0.1, 0.15) is 17.4 Å². The number of hydrogen-bond donors (Lipinski definition) is 1. The summed E-state index contributed by atoms with van der Waals surface area (Å²) < 4.78 is 7.42. The monoisotopic (exact) mass is 460 g/mol. The number of halogens is 2. The number of ether oxygens (including phenoxy) is 1. The zero-order valence-electron chi connectivity index (χ0n) is 17.9. The summed E-state index contributed by atoms with van der Waals surface area (Å²) >= 11 is 12.7. The van der Waals surface area contributed by atoms with Crippen molar-refractivity contribution in [1.82, 2.24) is 9.47 Å². The lowest BCUT2D eigenvalue weighted by atomic mass is 9.84. The standard InChI is InChI=1S/C23H26Cl2N4O2/c1-4-28(5-2)10-7-11-29-14(3)12-18-20(23(29)30)19(16(13-26)22(27)31-18)15-8-6-9-17(24)21(15)25/h6,8-9,12,19H,4-5,7,10-11,27H2,1-3H3. The molecule has 1 aliphatic rings. The number of benzene rings is 1. The lowest BCUT2D eigenvalue weighted by Gasteiger charge is -2.28. The summed E-state index contributed by atoms with van der Waals surface area (Å²) in [6.45, 7) is 9.50. The molecular weight excluding hydrogens is 435 g/mol. The zero-order chi connectivity index (χ0) is 22.7. The number of nitriles is 1. The molecule has 1 aromatic heterocycles. The molecule has 164 valence electrons. The van der Waals surface area contributed by atoms with E-state index in [-0.39, 0.29) is 22.0 Å². The van der Waals surface area contributed by atoms with Crippen molar-refractivity contribution >= 4 is 23.2 Å². The molecule has 8 heteroatoms. The van der Waals surface area contributed by atoms with Gasteiger partial charge < -0.3 is 19.9 Å². The third-order valence-corrected chi connectivity index (χ3v) is 6.57. The Morgan fingerprint density at radius 3 is 2.65 bits per heavy atom. The van der Waals surface area contributed by atoms with Crippen molar-refractivity contribution in [3.05, 3.63) is 72.9 Å². The van der Waals surface area contributed by atoms with E-state index >= 15 is 0 Å². The van der Waals surface area contributed by atoms with Crippen LogP contribution in [-0.4, -0.2) is 29.1 Å². The van der Waals surface area contributed by atoms with Crippen molar-refractivity contribution < 1.29 is 4.74 Å². The summed E-state index contributed by atoms with van der Waals surface area (Å²) in [5, 5.41) is 10.4. The number of fused-ring (bicyclic) bond motifs is 1. The minimum atomic E-state index is -0.748. The summed E-state index contributed by atoms with van der Waals surface area (Å²) in [5.41, 5.74) is 7.65. The highest BCUT2D eigenvalue weighted by atomic mass is 35.5. The van der Waals surface area contributed by atoms with Gasteiger partial charge in [-0.2, -0.15) is 5.26 Å². The van der Waals surface area contributed by atoms with Crippen molar-refractivity contribution in [3.8, 4) is 11.8 Å². The van der Waals surface area contributed by atoms with Crippen LogP contribution >= 0.6 is 23.2 Å². The Bertz CT molecular complexity index is 1110. The van der Waals surface area contributed by atoms with Gasteiger partial charge in [0.15, 0.2) is 0 Å². The molecule has 31 heavy (non-hydrogen) atoms. The SMILES string of the molecule is CCN(CC)CCCn1c(C)cc2c(c1=O)C(c1cccc(Cl)c1Cl)C(C#N)=C(N)O2. The minimum Gasteiger partial charge on any atom is -0.440 e. The van der Waals surface area contributed by atoms with E-state index in [1.54, 1.807) is 28.8 Å². The van der Waals surface area contributed by atoms with Gasteiger partial charge in [-0.3, -0.25) is 4.79 Å². The van der Waals surface area contributed by atoms with Gasteiger partial charge in [-0.05, 0) is 44.6 Å². The van der Waals surface area contributed by atoms with Gasteiger partial charge in [0.25, 0.3) is 5.56 Å². The summed E-state index contributed by atoms with van der Waals surface area (Å²) in [6, 6.07) is 9.04. The first-order valence-corrected chi connectivity index (χ1v) is 11.1. The molecule has 2 aromatic rings. The fourth-order valence-corrected chi connectivity index (χ4v) is 4.43. The molecule has 1 aromatic carbocycles. The van der Waals surface area contributed by atoms with E-state index in [0.717, 1.165) is 31.7 Å². The quantitative estimate of drug-likeness (QED) is 0.660. The maximum absolute atomic E-state index is 13.6. The van der Waals surface area contributed by atoms with E-state index in [1.807, 2.05) is 6.92 Å². The lowest BCUT2D eigenvalue weighted by molar-refractivity contribution is 0.292. The second kappa shape index (κ2) is 9.78. The number of nitrogens with two attached hydrogens (primary N) is 1. The van der Waals surface area contributed by atoms with Gasteiger partial charge in [0.05, 0.1) is 21.5 Å². The Balaban J connectivity index is 2.12. The number of allylic oxidation sites excluding steroid dienone is 1. The molecule has 0 spiro atoms.